The van der Waals surface area contributed by atoms with Crippen molar-refractivity contribution in [2.45, 2.75) is 25.9 Å². The third-order valence-corrected chi connectivity index (χ3v) is 5.03. The Morgan fingerprint density at radius 2 is 1.85 bits per heavy atom. The molecule has 0 saturated carbocycles. The van der Waals surface area contributed by atoms with E-state index in [0.29, 0.717) is 12.1 Å². The number of likely N-dealkylation sites (tertiary alicyclic amines) is 1. The molecule has 3 aromatic rings. The fourth-order valence-electron chi connectivity index (χ4n) is 3.52. The molecule has 1 amide bonds. The standard InChI is InChI=1S/C21H24N4O/c26-21(22-15-17-6-2-1-3-7-17)18-8-9-20-19(14-18)23-16-25(20)13-12-24-10-4-5-11-24/h1-3,6-9,14,16H,4-5,10-13,15H2,(H,22,26). The van der Waals surface area contributed by atoms with Crippen molar-refractivity contribution in [1.82, 2.24) is 19.8 Å². The summed E-state index contributed by atoms with van der Waals surface area (Å²) in [5, 5.41) is 2.97. The SMILES string of the molecule is O=C(NCc1ccccc1)c1ccc2c(c1)ncn2CCN1CCCC1. The zero-order valence-electron chi connectivity index (χ0n) is 14.9. The Hall–Kier alpha value is -2.66. The highest BCUT2D eigenvalue weighted by atomic mass is 16.1. The Morgan fingerprint density at radius 3 is 2.65 bits per heavy atom. The predicted octanol–water partition coefficient (Wildman–Crippen LogP) is 3.06. The van der Waals surface area contributed by atoms with Gasteiger partial charge in [-0.1, -0.05) is 30.3 Å². The summed E-state index contributed by atoms with van der Waals surface area (Å²) in [7, 11) is 0. The number of imidazole rings is 1. The predicted molar refractivity (Wildman–Crippen MR) is 103 cm³/mol. The molecule has 0 atom stereocenters. The monoisotopic (exact) mass is 348 g/mol. The lowest BCUT2D eigenvalue weighted by Gasteiger charge is -2.15. The van der Waals surface area contributed by atoms with Crippen molar-refractivity contribution in [2.75, 3.05) is 19.6 Å². The van der Waals surface area contributed by atoms with Gasteiger partial charge in [-0.15, -0.1) is 0 Å². The van der Waals surface area contributed by atoms with Crippen LogP contribution in [0.15, 0.2) is 54.9 Å². The van der Waals surface area contributed by atoms with Gasteiger partial charge in [0.2, 0.25) is 0 Å². The lowest BCUT2D eigenvalue weighted by Crippen LogP contribution is -2.24. The maximum Gasteiger partial charge on any atom is 0.251 e. The topological polar surface area (TPSA) is 50.2 Å². The molecule has 26 heavy (non-hydrogen) atoms. The first-order chi connectivity index (χ1) is 12.8. The zero-order chi connectivity index (χ0) is 17.8. The molecule has 1 aromatic heterocycles. The molecule has 1 aliphatic rings. The first kappa shape index (κ1) is 16.8. The average molecular weight is 348 g/mol. The summed E-state index contributed by atoms with van der Waals surface area (Å²) >= 11 is 0. The van der Waals surface area contributed by atoms with E-state index in [1.54, 1.807) is 0 Å². The van der Waals surface area contributed by atoms with E-state index in [4.69, 9.17) is 0 Å². The largest absolute Gasteiger partial charge is 0.348 e. The zero-order valence-corrected chi connectivity index (χ0v) is 14.9. The van der Waals surface area contributed by atoms with Crippen molar-refractivity contribution >= 4 is 16.9 Å². The van der Waals surface area contributed by atoms with Crippen LogP contribution in [0, 0.1) is 0 Å². The van der Waals surface area contributed by atoms with Gasteiger partial charge in [0, 0.05) is 25.2 Å². The third kappa shape index (κ3) is 3.78. The highest BCUT2D eigenvalue weighted by molar-refractivity contribution is 5.97. The molecule has 2 heterocycles. The summed E-state index contributed by atoms with van der Waals surface area (Å²) in [6.45, 7) is 4.94. The lowest BCUT2D eigenvalue weighted by atomic mass is 10.1. The molecule has 1 fully saturated rings. The molecular formula is C21H24N4O. The fraction of sp³-hybridized carbons (Fsp3) is 0.333. The van der Waals surface area contributed by atoms with E-state index in [0.717, 1.165) is 29.7 Å². The first-order valence-corrected chi connectivity index (χ1v) is 9.29. The van der Waals surface area contributed by atoms with E-state index in [1.165, 1.54) is 25.9 Å². The molecular weight excluding hydrogens is 324 g/mol. The van der Waals surface area contributed by atoms with Gasteiger partial charge in [-0.25, -0.2) is 4.98 Å². The Morgan fingerprint density at radius 1 is 1.04 bits per heavy atom. The molecule has 134 valence electrons. The number of benzene rings is 2. The molecule has 4 rings (SSSR count). The van der Waals surface area contributed by atoms with E-state index in [-0.39, 0.29) is 5.91 Å². The number of aromatic nitrogens is 2. The van der Waals surface area contributed by atoms with Gasteiger partial charge in [-0.3, -0.25) is 4.79 Å². The van der Waals surface area contributed by atoms with Gasteiger partial charge in [0.1, 0.15) is 0 Å². The Balaban J connectivity index is 1.41. The normalized spacial score (nSPS) is 14.8. The van der Waals surface area contributed by atoms with Crippen LogP contribution in [0.1, 0.15) is 28.8 Å². The van der Waals surface area contributed by atoms with E-state index >= 15 is 0 Å². The number of hydrogen-bond acceptors (Lipinski definition) is 3. The Bertz CT molecular complexity index is 881. The van der Waals surface area contributed by atoms with Crippen molar-refractivity contribution in [3.8, 4) is 0 Å². The molecule has 0 spiro atoms. The van der Waals surface area contributed by atoms with Crippen LogP contribution in [0.25, 0.3) is 11.0 Å². The molecule has 1 N–H and O–H groups in total. The van der Waals surface area contributed by atoms with E-state index in [9.17, 15) is 4.79 Å². The molecule has 5 nitrogen and oxygen atoms in total. The minimum atomic E-state index is -0.0673. The molecule has 1 saturated heterocycles. The number of hydrogen-bond donors (Lipinski definition) is 1. The maximum absolute atomic E-state index is 12.4. The maximum atomic E-state index is 12.4. The summed E-state index contributed by atoms with van der Waals surface area (Å²) in [5.41, 5.74) is 3.70. The Kier molecular flexibility index (Phi) is 4.97. The average Bonchev–Trinajstić information content (AvgIpc) is 3.34. The number of rotatable bonds is 6. The molecule has 0 unspecified atom stereocenters. The fourth-order valence-corrected chi connectivity index (χ4v) is 3.52. The van der Waals surface area contributed by atoms with Crippen LogP contribution in [0.2, 0.25) is 0 Å². The van der Waals surface area contributed by atoms with Crippen molar-refractivity contribution in [3.63, 3.8) is 0 Å². The third-order valence-electron chi connectivity index (χ3n) is 5.03. The Labute approximate surface area is 153 Å². The molecule has 0 bridgehead atoms. The van der Waals surface area contributed by atoms with Crippen LogP contribution in [0.4, 0.5) is 0 Å². The number of nitrogens with zero attached hydrogens (tertiary/aromatic N) is 3. The van der Waals surface area contributed by atoms with Crippen LogP contribution in [0.5, 0.6) is 0 Å². The second-order valence-electron chi connectivity index (χ2n) is 6.86. The number of carbonyl (C=O) groups excluding carboxylic acids is 1. The highest BCUT2D eigenvalue weighted by Gasteiger charge is 2.13. The first-order valence-electron chi connectivity index (χ1n) is 9.29. The van der Waals surface area contributed by atoms with E-state index in [2.05, 4.69) is 19.8 Å². The molecule has 1 aliphatic heterocycles. The van der Waals surface area contributed by atoms with E-state index < -0.39 is 0 Å². The van der Waals surface area contributed by atoms with Crippen LogP contribution < -0.4 is 5.32 Å². The smallest absolute Gasteiger partial charge is 0.251 e. The molecule has 5 heteroatoms. The van der Waals surface area contributed by atoms with Gasteiger partial charge < -0.3 is 14.8 Å². The molecule has 2 aromatic carbocycles. The van der Waals surface area contributed by atoms with Crippen LogP contribution in [-0.2, 0) is 13.1 Å². The van der Waals surface area contributed by atoms with Crippen molar-refractivity contribution < 1.29 is 4.79 Å². The molecule has 0 aliphatic carbocycles. The van der Waals surface area contributed by atoms with Gasteiger partial charge >= 0.3 is 0 Å². The van der Waals surface area contributed by atoms with Gasteiger partial charge in [-0.2, -0.15) is 0 Å². The second-order valence-corrected chi connectivity index (χ2v) is 6.86. The van der Waals surface area contributed by atoms with Gasteiger partial charge in [0.05, 0.1) is 17.4 Å². The summed E-state index contributed by atoms with van der Waals surface area (Å²) < 4.78 is 2.18. The van der Waals surface area contributed by atoms with Gasteiger partial charge in [0.15, 0.2) is 0 Å². The number of carbonyl (C=O) groups is 1. The van der Waals surface area contributed by atoms with Crippen LogP contribution in [0.3, 0.4) is 0 Å². The van der Waals surface area contributed by atoms with Crippen LogP contribution in [-0.4, -0.2) is 40.0 Å². The second kappa shape index (κ2) is 7.70. The summed E-state index contributed by atoms with van der Waals surface area (Å²) in [4.78, 5) is 19.4. The van der Waals surface area contributed by atoms with Gasteiger partial charge in [-0.05, 0) is 49.7 Å². The summed E-state index contributed by atoms with van der Waals surface area (Å²) in [6.07, 6.45) is 4.50. The number of nitrogens with one attached hydrogen (secondary N) is 1. The minimum absolute atomic E-state index is 0.0673. The van der Waals surface area contributed by atoms with Crippen molar-refractivity contribution in [1.29, 1.82) is 0 Å². The number of fused-ring (bicyclic) bond motifs is 1. The molecule has 0 radical (unpaired) electrons. The quantitative estimate of drug-likeness (QED) is 0.745. The number of amides is 1. The summed E-state index contributed by atoms with van der Waals surface area (Å²) in [5.74, 6) is -0.0673. The van der Waals surface area contributed by atoms with Gasteiger partial charge in [0.25, 0.3) is 5.91 Å². The lowest BCUT2D eigenvalue weighted by molar-refractivity contribution is 0.0951. The van der Waals surface area contributed by atoms with Crippen molar-refractivity contribution in [2.24, 2.45) is 0 Å². The summed E-state index contributed by atoms with van der Waals surface area (Å²) in [6, 6.07) is 15.7. The van der Waals surface area contributed by atoms with E-state index in [1.807, 2.05) is 54.9 Å². The van der Waals surface area contributed by atoms with Crippen LogP contribution >= 0.6 is 0 Å². The highest BCUT2D eigenvalue weighted by Crippen LogP contribution is 2.16. The van der Waals surface area contributed by atoms with Crippen molar-refractivity contribution in [3.05, 3.63) is 66.0 Å². The minimum Gasteiger partial charge on any atom is -0.348 e.